The monoisotopic (exact) mass is 599 g/mol. The number of rotatable bonds is 5. The van der Waals surface area contributed by atoms with E-state index >= 15 is 0 Å². The first-order valence-corrected chi connectivity index (χ1v) is 14.5. The van der Waals surface area contributed by atoms with Gasteiger partial charge in [0, 0.05) is 59.1 Å². The first-order chi connectivity index (χ1) is 15.7. The van der Waals surface area contributed by atoms with Crippen LogP contribution in [-0.2, 0) is 4.74 Å². The molecule has 0 radical (unpaired) electrons. The zero-order valence-corrected chi connectivity index (χ0v) is 22.7. The molecule has 10 heteroatoms. The van der Waals surface area contributed by atoms with Crippen molar-refractivity contribution in [2.75, 3.05) is 5.32 Å². The molecule has 0 saturated heterocycles. The van der Waals surface area contributed by atoms with Gasteiger partial charge in [-0.1, -0.05) is 29.8 Å². The summed E-state index contributed by atoms with van der Waals surface area (Å²) in [6.45, 7) is 7.66. The summed E-state index contributed by atoms with van der Waals surface area (Å²) in [7, 11) is 1.62. The summed E-state index contributed by atoms with van der Waals surface area (Å²) in [6, 6.07) is 8.47. The molecule has 1 saturated carbocycles. The molecule has 1 aromatic carbocycles. The van der Waals surface area contributed by atoms with Gasteiger partial charge in [0.1, 0.15) is 5.60 Å². The van der Waals surface area contributed by atoms with Gasteiger partial charge in [0.2, 0.25) is 5.95 Å². The highest BCUT2D eigenvalue weighted by Crippen LogP contribution is 2.40. The molecule has 0 bridgehead atoms. The predicted octanol–water partition coefficient (Wildman–Crippen LogP) is 6.76. The maximum absolute atomic E-state index is 12.1. The van der Waals surface area contributed by atoms with Gasteiger partial charge in [0.25, 0.3) is 0 Å². The van der Waals surface area contributed by atoms with Crippen molar-refractivity contribution in [3.63, 3.8) is 0 Å². The Kier molecular flexibility index (Phi) is 7.30. The minimum Gasteiger partial charge on any atom is -0.444 e. The Balaban J connectivity index is 1.52. The van der Waals surface area contributed by atoms with Crippen molar-refractivity contribution < 1.29 is 9.53 Å². The molecule has 3 aromatic rings. The highest BCUT2D eigenvalue weighted by atomic mass is 127. The minimum absolute atomic E-state index is 0.0602. The van der Waals surface area contributed by atoms with Crippen LogP contribution in [0.2, 0.25) is 5.02 Å². The molecule has 33 heavy (non-hydrogen) atoms. The van der Waals surface area contributed by atoms with E-state index in [0.29, 0.717) is 16.7 Å². The molecule has 2 aromatic heterocycles. The Morgan fingerprint density at radius 2 is 2.00 bits per heavy atom. The number of benzene rings is 1. The van der Waals surface area contributed by atoms with Crippen LogP contribution < -0.4 is 10.6 Å². The van der Waals surface area contributed by atoms with Gasteiger partial charge in [-0.15, -0.1) is 0 Å². The fraction of sp³-hybridized carbons (Fsp3) is 0.435. The van der Waals surface area contributed by atoms with Gasteiger partial charge >= 0.3 is 6.09 Å². The molecule has 0 spiro atoms. The quantitative estimate of drug-likeness (QED) is 0.315. The molecule has 4 rings (SSSR count). The number of alkyl carbamates (subject to hydrolysis) is 1. The number of halogens is 2. The molecule has 2 N–H and O–H groups in total. The van der Waals surface area contributed by atoms with Gasteiger partial charge in [-0.2, -0.15) is 0 Å². The number of nitrogens with one attached hydrogen (secondary N) is 2. The second kappa shape index (κ2) is 9.87. The van der Waals surface area contributed by atoms with Crippen LogP contribution in [0.4, 0.5) is 10.7 Å². The van der Waals surface area contributed by atoms with Crippen molar-refractivity contribution in [3.8, 4) is 11.3 Å². The van der Waals surface area contributed by atoms with Crippen LogP contribution in [0.25, 0.3) is 22.2 Å². The van der Waals surface area contributed by atoms with Gasteiger partial charge in [0.05, 0.1) is 22.4 Å². The van der Waals surface area contributed by atoms with E-state index in [-0.39, 0.29) is 18.2 Å². The third kappa shape index (κ3) is 5.51. The average molecular weight is 600 g/mol. The van der Waals surface area contributed by atoms with Crippen LogP contribution in [0.5, 0.6) is 0 Å². The van der Waals surface area contributed by atoms with Crippen molar-refractivity contribution in [2.24, 2.45) is 0 Å². The van der Waals surface area contributed by atoms with E-state index in [4.69, 9.17) is 21.3 Å². The van der Waals surface area contributed by atoms with Gasteiger partial charge in [-0.05, 0) is 53.0 Å². The van der Waals surface area contributed by atoms with E-state index in [2.05, 4.69) is 59.9 Å². The first-order valence-electron chi connectivity index (χ1n) is 10.8. The lowest BCUT2D eigenvalue weighted by Gasteiger charge is -2.21. The normalized spacial score (nSPS) is 18.5. The maximum atomic E-state index is 12.1. The minimum atomic E-state index is -0.509. The molecule has 0 aliphatic heterocycles. The number of ether oxygens (including phenoxy) is 1. The summed E-state index contributed by atoms with van der Waals surface area (Å²) in [5.41, 5.74) is 3.44. The first kappa shape index (κ1) is 24.4. The van der Waals surface area contributed by atoms with E-state index in [1.807, 2.05) is 32.9 Å². The van der Waals surface area contributed by atoms with E-state index in [1.54, 1.807) is 15.3 Å². The van der Waals surface area contributed by atoms with Crippen molar-refractivity contribution in [2.45, 2.75) is 64.6 Å². The van der Waals surface area contributed by atoms with E-state index in [0.717, 1.165) is 41.4 Å². The van der Waals surface area contributed by atoms with E-state index in [1.165, 1.54) is 0 Å². The largest absolute Gasteiger partial charge is 0.444 e. The summed E-state index contributed by atoms with van der Waals surface area (Å²) in [4.78, 5) is 21.3. The number of anilines is 1. The molecular weight excluding hydrogens is 573 g/mol. The van der Waals surface area contributed by atoms with Crippen LogP contribution in [0.15, 0.2) is 30.5 Å². The Morgan fingerprint density at radius 1 is 1.27 bits per heavy atom. The molecule has 2 atom stereocenters. The van der Waals surface area contributed by atoms with Crippen LogP contribution >= 0.6 is 41.9 Å². The van der Waals surface area contributed by atoms with Crippen LogP contribution in [0.1, 0.15) is 45.7 Å². The number of para-hydroxylation sites is 1. The molecule has 176 valence electrons. The Morgan fingerprint density at radius 3 is 2.73 bits per heavy atom. The fourth-order valence-corrected chi connectivity index (χ4v) is 6.38. The third-order valence-corrected chi connectivity index (χ3v) is 7.66. The van der Waals surface area contributed by atoms with Crippen LogP contribution in [0, 0.1) is 6.92 Å². The van der Waals surface area contributed by atoms with E-state index < -0.39 is 5.60 Å². The Bertz CT molecular complexity index is 1180. The molecule has 7 nitrogen and oxygen atoms in total. The summed E-state index contributed by atoms with van der Waals surface area (Å²) in [5.74, 6) is 0.538. The van der Waals surface area contributed by atoms with Crippen molar-refractivity contribution in [3.05, 3.63) is 41.2 Å². The van der Waals surface area contributed by atoms with Crippen LogP contribution in [0.3, 0.4) is 0 Å². The smallest absolute Gasteiger partial charge is 0.407 e. The molecule has 2 heterocycles. The zero-order chi connectivity index (χ0) is 23.8. The Hall–Kier alpha value is -1.72. The van der Waals surface area contributed by atoms with Gasteiger partial charge in [-0.25, -0.2) is 14.8 Å². The standard InChI is InChI=1S/C23H27ClIN5O2S/c1-13-19(16-7-5-6-8-18(16)30(13)33-25)20-17(24)12-26-21(29-20)27-14-9-10-15(11-14)28-22(31)32-23(2,3)4/h5-8,12,14-15H,9-11H2,1-4H3,(H,28,31)(H,26,27,29)/t14-,15?/m0/s1. The number of amides is 1. The number of aromatic nitrogens is 3. The number of hydrogen-bond donors (Lipinski definition) is 2. The summed E-state index contributed by atoms with van der Waals surface area (Å²) < 4.78 is 7.56. The van der Waals surface area contributed by atoms with Crippen molar-refractivity contribution in [1.82, 2.24) is 19.3 Å². The second-order valence-corrected chi connectivity index (χ2v) is 11.3. The van der Waals surface area contributed by atoms with Gasteiger partial charge in [-0.3, -0.25) is 3.97 Å². The Labute approximate surface area is 215 Å². The number of nitrogens with zero attached hydrogens (tertiary/aromatic N) is 3. The molecule has 1 aliphatic rings. The third-order valence-electron chi connectivity index (χ3n) is 5.60. The molecule has 1 aliphatic carbocycles. The van der Waals surface area contributed by atoms with E-state index in [9.17, 15) is 4.79 Å². The molecule has 1 unspecified atom stereocenters. The fourth-order valence-electron chi connectivity index (χ4n) is 4.24. The lowest BCUT2D eigenvalue weighted by atomic mass is 10.1. The molecule has 1 amide bonds. The molecular formula is C23H27ClIN5O2S. The SMILES string of the molecule is Cc1c(-c2nc(N[C@H]3CCC(NC(=O)OC(C)(C)C)C3)ncc2Cl)c2ccccc2n1SI. The summed E-state index contributed by atoms with van der Waals surface area (Å²) in [6.07, 6.45) is 3.84. The maximum Gasteiger partial charge on any atom is 0.407 e. The summed E-state index contributed by atoms with van der Waals surface area (Å²) in [5, 5.41) is 8.02. The highest BCUT2D eigenvalue weighted by molar-refractivity contribution is 14.2. The zero-order valence-electron chi connectivity index (χ0n) is 19.0. The van der Waals surface area contributed by atoms with Gasteiger partial charge in [0.15, 0.2) is 0 Å². The van der Waals surface area contributed by atoms with Crippen molar-refractivity contribution in [1.29, 1.82) is 0 Å². The predicted molar refractivity (Wildman–Crippen MR) is 144 cm³/mol. The highest BCUT2D eigenvalue weighted by Gasteiger charge is 2.28. The number of hydrogen-bond acceptors (Lipinski definition) is 6. The number of carbonyl (C=O) groups excluding carboxylic acids is 1. The topological polar surface area (TPSA) is 81.1 Å². The molecule has 1 fully saturated rings. The number of fused-ring (bicyclic) bond motifs is 1. The second-order valence-electron chi connectivity index (χ2n) is 9.23. The summed E-state index contributed by atoms with van der Waals surface area (Å²) >= 11 is 8.86. The average Bonchev–Trinajstić information content (AvgIpc) is 3.28. The van der Waals surface area contributed by atoms with Crippen molar-refractivity contribution >= 4 is 64.9 Å². The van der Waals surface area contributed by atoms with Crippen LogP contribution in [-0.4, -0.2) is 37.7 Å². The lowest BCUT2D eigenvalue weighted by Crippen LogP contribution is -2.38. The lowest BCUT2D eigenvalue weighted by molar-refractivity contribution is 0.0505. The van der Waals surface area contributed by atoms with Gasteiger partial charge < -0.3 is 15.4 Å². The number of carbonyl (C=O) groups is 1.